The molecule has 0 bridgehead atoms. The predicted octanol–water partition coefficient (Wildman–Crippen LogP) is 2.60. The lowest BCUT2D eigenvalue weighted by Gasteiger charge is -2.23. The molecule has 0 amide bonds. The highest BCUT2D eigenvalue weighted by Gasteiger charge is 2.27. The number of ether oxygens (including phenoxy) is 2. The van der Waals surface area contributed by atoms with Crippen LogP contribution in [0.2, 0.25) is 0 Å². The lowest BCUT2D eigenvalue weighted by atomic mass is 9.83. The molecule has 0 spiro atoms. The van der Waals surface area contributed by atoms with Crippen LogP contribution in [0, 0.1) is 17.2 Å². The fourth-order valence-corrected chi connectivity index (χ4v) is 2.58. The minimum atomic E-state index is -0.263. The second-order valence-electron chi connectivity index (χ2n) is 5.22. The molecule has 0 atom stereocenters. The van der Waals surface area contributed by atoms with Crippen LogP contribution in [-0.4, -0.2) is 25.6 Å². The molecule has 112 valence electrons. The first-order valence-corrected chi connectivity index (χ1v) is 7.03. The molecule has 1 aliphatic rings. The van der Waals surface area contributed by atoms with Crippen LogP contribution in [-0.2, 0) is 9.59 Å². The SMILES string of the molecule is COc1ccc(OC(=O)C2CCC(C=O)CC2)cc1C=N. The second-order valence-corrected chi connectivity index (χ2v) is 5.22. The van der Waals surface area contributed by atoms with E-state index >= 15 is 0 Å². The topological polar surface area (TPSA) is 76.5 Å². The van der Waals surface area contributed by atoms with E-state index in [2.05, 4.69) is 0 Å². The molecule has 5 nitrogen and oxygen atoms in total. The second kappa shape index (κ2) is 7.02. The molecule has 0 aliphatic heterocycles. The fourth-order valence-electron chi connectivity index (χ4n) is 2.58. The van der Waals surface area contributed by atoms with Crippen LogP contribution >= 0.6 is 0 Å². The summed E-state index contributed by atoms with van der Waals surface area (Å²) < 4.78 is 10.5. The van der Waals surface area contributed by atoms with Gasteiger partial charge in [0, 0.05) is 17.7 Å². The monoisotopic (exact) mass is 289 g/mol. The summed E-state index contributed by atoms with van der Waals surface area (Å²) in [7, 11) is 1.53. The van der Waals surface area contributed by atoms with Crippen LogP contribution < -0.4 is 9.47 Å². The highest BCUT2D eigenvalue weighted by atomic mass is 16.5. The van der Waals surface area contributed by atoms with E-state index in [1.54, 1.807) is 18.2 Å². The van der Waals surface area contributed by atoms with Crippen molar-refractivity contribution in [3.05, 3.63) is 23.8 Å². The summed E-state index contributed by atoms with van der Waals surface area (Å²) in [4.78, 5) is 22.8. The van der Waals surface area contributed by atoms with Gasteiger partial charge in [-0.25, -0.2) is 0 Å². The molecule has 0 saturated heterocycles. The average Bonchev–Trinajstić information content (AvgIpc) is 2.54. The van der Waals surface area contributed by atoms with Crippen molar-refractivity contribution >= 4 is 18.5 Å². The van der Waals surface area contributed by atoms with Crippen LogP contribution in [0.25, 0.3) is 0 Å². The average molecular weight is 289 g/mol. The molecule has 1 N–H and O–H groups in total. The summed E-state index contributed by atoms with van der Waals surface area (Å²) in [5.74, 6) is 0.653. The van der Waals surface area contributed by atoms with Gasteiger partial charge in [-0.1, -0.05) is 0 Å². The van der Waals surface area contributed by atoms with Crippen LogP contribution in [0.15, 0.2) is 18.2 Å². The van der Waals surface area contributed by atoms with E-state index in [9.17, 15) is 9.59 Å². The standard InChI is InChI=1S/C16H19NO4/c1-20-15-7-6-14(8-13(15)9-17)21-16(19)12-4-2-11(10-18)3-5-12/h6-12,17H,2-5H2,1H3. The Labute approximate surface area is 123 Å². The van der Waals surface area contributed by atoms with E-state index in [1.807, 2.05) is 0 Å². The molecular weight excluding hydrogens is 270 g/mol. The van der Waals surface area contributed by atoms with Gasteiger partial charge in [0.05, 0.1) is 13.0 Å². The Kier molecular flexibility index (Phi) is 5.09. The van der Waals surface area contributed by atoms with Crippen molar-refractivity contribution in [1.82, 2.24) is 0 Å². The first kappa shape index (κ1) is 15.2. The Bertz CT molecular complexity index is 533. The van der Waals surface area contributed by atoms with Gasteiger partial charge >= 0.3 is 5.97 Å². The van der Waals surface area contributed by atoms with E-state index in [1.165, 1.54) is 7.11 Å². The van der Waals surface area contributed by atoms with Gasteiger partial charge in [0.2, 0.25) is 0 Å². The number of carbonyl (C=O) groups excluding carboxylic acids is 2. The van der Waals surface area contributed by atoms with E-state index in [-0.39, 0.29) is 17.8 Å². The van der Waals surface area contributed by atoms with Gasteiger partial charge in [-0.2, -0.15) is 0 Å². The zero-order valence-electron chi connectivity index (χ0n) is 12.0. The van der Waals surface area contributed by atoms with E-state index in [0.29, 0.717) is 29.9 Å². The first-order valence-electron chi connectivity index (χ1n) is 7.03. The smallest absolute Gasteiger partial charge is 0.314 e. The number of aldehydes is 1. The van der Waals surface area contributed by atoms with Crippen LogP contribution in [0.4, 0.5) is 0 Å². The van der Waals surface area contributed by atoms with Crippen molar-refractivity contribution in [2.75, 3.05) is 7.11 Å². The van der Waals surface area contributed by atoms with Crippen molar-refractivity contribution in [1.29, 1.82) is 5.41 Å². The number of rotatable bonds is 5. The number of benzene rings is 1. The summed E-state index contributed by atoms with van der Waals surface area (Å²) in [5, 5.41) is 7.33. The number of esters is 1. The molecular formula is C16H19NO4. The maximum absolute atomic E-state index is 12.1. The molecule has 0 unspecified atom stereocenters. The Balaban J connectivity index is 2.00. The lowest BCUT2D eigenvalue weighted by molar-refractivity contribution is -0.140. The van der Waals surface area contributed by atoms with Gasteiger partial charge in [-0.05, 0) is 43.9 Å². The Morgan fingerprint density at radius 3 is 2.57 bits per heavy atom. The normalized spacial score (nSPS) is 21.4. The van der Waals surface area contributed by atoms with Crippen molar-refractivity contribution in [2.24, 2.45) is 11.8 Å². The minimum absolute atomic E-state index is 0.0829. The van der Waals surface area contributed by atoms with Crippen LogP contribution in [0.1, 0.15) is 31.2 Å². The van der Waals surface area contributed by atoms with Gasteiger partial charge in [0.25, 0.3) is 0 Å². The molecule has 0 heterocycles. The lowest BCUT2D eigenvalue weighted by Crippen LogP contribution is -2.26. The number of hydrogen-bond acceptors (Lipinski definition) is 5. The molecule has 1 fully saturated rings. The summed E-state index contributed by atoms with van der Waals surface area (Å²) in [6, 6.07) is 4.94. The zero-order valence-corrected chi connectivity index (χ0v) is 12.0. The van der Waals surface area contributed by atoms with Crippen molar-refractivity contribution in [3.8, 4) is 11.5 Å². The highest BCUT2D eigenvalue weighted by Crippen LogP contribution is 2.29. The molecule has 1 aromatic carbocycles. The van der Waals surface area contributed by atoms with E-state index in [4.69, 9.17) is 14.9 Å². The van der Waals surface area contributed by atoms with Gasteiger partial charge in [0.1, 0.15) is 17.8 Å². The number of nitrogens with one attached hydrogen (secondary N) is 1. The Morgan fingerprint density at radius 2 is 2.00 bits per heavy atom. The van der Waals surface area contributed by atoms with Crippen LogP contribution in [0.5, 0.6) is 11.5 Å². The van der Waals surface area contributed by atoms with Gasteiger partial charge in [-0.3, -0.25) is 4.79 Å². The summed E-state index contributed by atoms with van der Waals surface area (Å²) >= 11 is 0. The Hall–Kier alpha value is -2.17. The van der Waals surface area contributed by atoms with Crippen molar-refractivity contribution in [2.45, 2.75) is 25.7 Å². The maximum Gasteiger partial charge on any atom is 0.314 e. The predicted molar refractivity (Wildman–Crippen MR) is 78.0 cm³/mol. The van der Waals surface area contributed by atoms with Crippen molar-refractivity contribution in [3.63, 3.8) is 0 Å². The van der Waals surface area contributed by atoms with Gasteiger partial charge in [0.15, 0.2) is 0 Å². The first-order chi connectivity index (χ1) is 10.2. The number of methoxy groups -OCH3 is 1. The number of hydrogen-bond donors (Lipinski definition) is 1. The zero-order chi connectivity index (χ0) is 15.2. The Morgan fingerprint density at radius 1 is 1.29 bits per heavy atom. The van der Waals surface area contributed by atoms with Crippen LogP contribution in [0.3, 0.4) is 0 Å². The largest absolute Gasteiger partial charge is 0.496 e. The molecule has 0 aromatic heterocycles. The van der Waals surface area contributed by atoms with Gasteiger partial charge in [-0.15, -0.1) is 0 Å². The molecule has 1 saturated carbocycles. The van der Waals surface area contributed by atoms with Crippen molar-refractivity contribution < 1.29 is 19.1 Å². The fraction of sp³-hybridized carbons (Fsp3) is 0.438. The van der Waals surface area contributed by atoms with Gasteiger partial charge < -0.3 is 19.7 Å². The maximum atomic E-state index is 12.1. The summed E-state index contributed by atoms with van der Waals surface area (Å²) in [6.45, 7) is 0. The minimum Gasteiger partial charge on any atom is -0.496 e. The third-order valence-corrected chi connectivity index (χ3v) is 3.87. The third kappa shape index (κ3) is 3.68. The highest BCUT2D eigenvalue weighted by molar-refractivity contribution is 5.83. The number of carbonyl (C=O) groups is 2. The molecule has 5 heteroatoms. The molecule has 1 aromatic rings. The molecule has 1 aliphatic carbocycles. The third-order valence-electron chi connectivity index (χ3n) is 3.87. The van der Waals surface area contributed by atoms with E-state index in [0.717, 1.165) is 25.3 Å². The summed E-state index contributed by atoms with van der Waals surface area (Å²) in [5.41, 5.74) is 0.562. The molecule has 0 radical (unpaired) electrons. The molecule has 21 heavy (non-hydrogen) atoms. The molecule has 2 rings (SSSR count). The van der Waals surface area contributed by atoms with E-state index < -0.39 is 0 Å². The summed E-state index contributed by atoms with van der Waals surface area (Å²) in [6.07, 6.45) is 5.01. The quantitative estimate of drug-likeness (QED) is 0.391.